The van der Waals surface area contributed by atoms with Crippen LogP contribution in [0.5, 0.6) is 0 Å². The van der Waals surface area contributed by atoms with Gasteiger partial charge in [0.1, 0.15) is 0 Å². The van der Waals surface area contributed by atoms with Crippen molar-refractivity contribution >= 4 is 0 Å². The Balaban J connectivity index is 1.54. The number of ether oxygens (including phenoxy) is 2. The first-order valence-corrected chi connectivity index (χ1v) is 5.18. The van der Waals surface area contributed by atoms with Crippen molar-refractivity contribution in [1.29, 1.82) is 0 Å². The monoisotopic (exact) mass is 192 g/mol. The van der Waals surface area contributed by atoms with Crippen LogP contribution in [-0.4, -0.2) is 19.3 Å². The van der Waals surface area contributed by atoms with E-state index >= 15 is 0 Å². The van der Waals surface area contributed by atoms with Gasteiger partial charge in [0.2, 0.25) is 0 Å². The molecule has 0 aliphatic carbocycles. The van der Waals surface area contributed by atoms with Gasteiger partial charge in [-0.25, -0.2) is 0 Å². The van der Waals surface area contributed by atoms with Crippen molar-refractivity contribution in [2.75, 3.05) is 13.2 Å². The molecule has 0 bridgehead atoms. The summed E-state index contributed by atoms with van der Waals surface area (Å²) in [6.07, 6.45) is 2.79. The largest absolute Gasteiger partial charge is 0.377 e. The molecule has 76 valence electrons. The minimum Gasteiger partial charge on any atom is -0.377 e. The van der Waals surface area contributed by atoms with Gasteiger partial charge in [0, 0.05) is 6.61 Å². The van der Waals surface area contributed by atoms with Crippen LogP contribution in [0.3, 0.4) is 0 Å². The molecule has 1 heterocycles. The van der Waals surface area contributed by atoms with E-state index in [0.717, 1.165) is 32.7 Å². The maximum absolute atomic E-state index is 5.54. The number of benzene rings is 1. The summed E-state index contributed by atoms with van der Waals surface area (Å²) in [7, 11) is 0. The van der Waals surface area contributed by atoms with E-state index < -0.39 is 0 Å². The highest BCUT2D eigenvalue weighted by Crippen LogP contribution is 2.15. The molecular weight excluding hydrogens is 176 g/mol. The molecule has 0 spiro atoms. The smallest absolute Gasteiger partial charge is 0.0810 e. The third-order valence-electron chi connectivity index (χ3n) is 2.33. The molecule has 2 rings (SSSR count). The van der Waals surface area contributed by atoms with Crippen molar-refractivity contribution in [3.8, 4) is 0 Å². The summed E-state index contributed by atoms with van der Waals surface area (Å²) in [4.78, 5) is 0. The van der Waals surface area contributed by atoms with Crippen molar-refractivity contribution in [3.63, 3.8) is 0 Å². The average Bonchev–Trinajstić information content (AvgIpc) is 3.03. The first-order valence-electron chi connectivity index (χ1n) is 5.18. The molecule has 0 unspecified atom stereocenters. The lowest BCUT2D eigenvalue weighted by Gasteiger charge is -2.02. The van der Waals surface area contributed by atoms with E-state index in [0.29, 0.717) is 6.10 Å². The molecule has 0 saturated carbocycles. The molecule has 0 aromatic heterocycles. The predicted molar refractivity (Wildman–Crippen MR) is 55.1 cm³/mol. The number of epoxide rings is 1. The lowest BCUT2D eigenvalue weighted by Crippen LogP contribution is -1.97. The average molecular weight is 192 g/mol. The Morgan fingerprint density at radius 1 is 1.29 bits per heavy atom. The van der Waals surface area contributed by atoms with E-state index in [4.69, 9.17) is 9.47 Å². The first kappa shape index (κ1) is 9.69. The molecule has 0 amide bonds. The molecule has 0 N–H and O–H groups in total. The third-order valence-corrected chi connectivity index (χ3v) is 2.33. The molecule has 1 aliphatic heterocycles. The SMILES string of the molecule is c1ccc(COCCC[C@H]2CO2)cc1. The van der Waals surface area contributed by atoms with Gasteiger partial charge >= 0.3 is 0 Å². The molecule has 1 aromatic carbocycles. The van der Waals surface area contributed by atoms with Crippen molar-refractivity contribution in [2.24, 2.45) is 0 Å². The summed E-state index contributed by atoms with van der Waals surface area (Å²) in [5.74, 6) is 0. The second-order valence-electron chi connectivity index (χ2n) is 3.64. The van der Waals surface area contributed by atoms with E-state index in [1.165, 1.54) is 5.56 Å². The third kappa shape index (κ3) is 3.48. The maximum atomic E-state index is 5.54. The van der Waals surface area contributed by atoms with Gasteiger partial charge < -0.3 is 9.47 Å². The minimum atomic E-state index is 0.537. The summed E-state index contributed by atoms with van der Waals surface area (Å²) in [6, 6.07) is 10.3. The highest BCUT2D eigenvalue weighted by molar-refractivity contribution is 5.13. The van der Waals surface area contributed by atoms with Crippen LogP contribution >= 0.6 is 0 Å². The van der Waals surface area contributed by atoms with Crippen molar-refractivity contribution in [1.82, 2.24) is 0 Å². The van der Waals surface area contributed by atoms with Gasteiger partial charge in [0.25, 0.3) is 0 Å². The summed E-state index contributed by atoms with van der Waals surface area (Å²) in [6.45, 7) is 2.53. The van der Waals surface area contributed by atoms with Gasteiger partial charge in [-0.05, 0) is 18.4 Å². The summed E-state index contributed by atoms with van der Waals surface area (Å²) < 4.78 is 10.7. The molecule has 2 heteroatoms. The van der Waals surface area contributed by atoms with Crippen LogP contribution in [0.4, 0.5) is 0 Å². The Labute approximate surface area is 84.8 Å². The van der Waals surface area contributed by atoms with Gasteiger partial charge in [-0.2, -0.15) is 0 Å². The molecule has 2 nitrogen and oxygen atoms in total. The quantitative estimate of drug-likeness (QED) is 0.510. The first-order chi connectivity index (χ1) is 6.95. The van der Waals surface area contributed by atoms with Crippen LogP contribution in [0.15, 0.2) is 30.3 Å². The second-order valence-corrected chi connectivity index (χ2v) is 3.64. The van der Waals surface area contributed by atoms with Crippen molar-refractivity contribution in [2.45, 2.75) is 25.6 Å². The standard InChI is InChI=1S/C12H16O2/c1-2-5-11(6-3-1)9-13-8-4-7-12-10-14-12/h1-3,5-6,12H,4,7-10H2/t12-/m0/s1. The summed E-state index contributed by atoms with van der Waals surface area (Å²) in [5, 5.41) is 0. The van der Waals surface area contributed by atoms with Crippen LogP contribution in [0.25, 0.3) is 0 Å². The van der Waals surface area contributed by atoms with E-state index in [-0.39, 0.29) is 0 Å². The topological polar surface area (TPSA) is 21.8 Å². The van der Waals surface area contributed by atoms with Crippen LogP contribution in [0, 0.1) is 0 Å². The molecule has 1 aromatic rings. The maximum Gasteiger partial charge on any atom is 0.0810 e. The Hall–Kier alpha value is -0.860. The highest BCUT2D eigenvalue weighted by atomic mass is 16.6. The van der Waals surface area contributed by atoms with E-state index in [1.54, 1.807) is 0 Å². The normalized spacial score (nSPS) is 19.6. The Kier molecular flexibility index (Phi) is 3.55. The van der Waals surface area contributed by atoms with Gasteiger partial charge in [-0.15, -0.1) is 0 Å². The highest BCUT2D eigenvalue weighted by Gasteiger charge is 2.20. The van der Waals surface area contributed by atoms with E-state index in [9.17, 15) is 0 Å². The lowest BCUT2D eigenvalue weighted by molar-refractivity contribution is 0.115. The van der Waals surface area contributed by atoms with Crippen LogP contribution in [-0.2, 0) is 16.1 Å². The minimum absolute atomic E-state index is 0.537. The molecule has 1 fully saturated rings. The number of hydrogen-bond acceptors (Lipinski definition) is 2. The van der Waals surface area contributed by atoms with Gasteiger partial charge in [-0.3, -0.25) is 0 Å². The van der Waals surface area contributed by atoms with Gasteiger partial charge in [0.05, 0.1) is 19.3 Å². The predicted octanol–water partition coefficient (Wildman–Crippen LogP) is 2.38. The molecule has 1 atom stereocenters. The fraction of sp³-hybridized carbons (Fsp3) is 0.500. The zero-order chi connectivity index (χ0) is 9.64. The van der Waals surface area contributed by atoms with Crippen LogP contribution in [0.1, 0.15) is 18.4 Å². The fourth-order valence-corrected chi connectivity index (χ4v) is 1.41. The van der Waals surface area contributed by atoms with Crippen LogP contribution in [0.2, 0.25) is 0 Å². The zero-order valence-electron chi connectivity index (χ0n) is 8.32. The van der Waals surface area contributed by atoms with Crippen molar-refractivity contribution in [3.05, 3.63) is 35.9 Å². The van der Waals surface area contributed by atoms with Crippen molar-refractivity contribution < 1.29 is 9.47 Å². The molecule has 14 heavy (non-hydrogen) atoms. The number of rotatable bonds is 6. The molecule has 1 aliphatic rings. The lowest BCUT2D eigenvalue weighted by atomic mass is 10.2. The van der Waals surface area contributed by atoms with E-state index in [2.05, 4.69) is 12.1 Å². The van der Waals surface area contributed by atoms with E-state index in [1.807, 2.05) is 18.2 Å². The molecular formula is C12H16O2. The molecule has 0 radical (unpaired) electrons. The second kappa shape index (κ2) is 5.13. The van der Waals surface area contributed by atoms with Gasteiger partial charge in [0.15, 0.2) is 0 Å². The fourth-order valence-electron chi connectivity index (χ4n) is 1.41. The zero-order valence-corrected chi connectivity index (χ0v) is 8.32. The van der Waals surface area contributed by atoms with Gasteiger partial charge in [-0.1, -0.05) is 30.3 Å². The summed E-state index contributed by atoms with van der Waals surface area (Å²) >= 11 is 0. The number of hydrogen-bond donors (Lipinski definition) is 0. The summed E-state index contributed by atoms with van der Waals surface area (Å²) in [5.41, 5.74) is 1.25. The Morgan fingerprint density at radius 3 is 2.79 bits per heavy atom. The molecule has 1 saturated heterocycles. The van der Waals surface area contributed by atoms with Crippen LogP contribution < -0.4 is 0 Å². The Morgan fingerprint density at radius 2 is 2.07 bits per heavy atom. The Bertz CT molecular complexity index is 254.